The molecule has 5 nitrogen and oxygen atoms in total. The summed E-state index contributed by atoms with van der Waals surface area (Å²) < 4.78 is 0. The van der Waals surface area contributed by atoms with Crippen LogP contribution >= 0.6 is 23.8 Å². The van der Waals surface area contributed by atoms with Gasteiger partial charge in [0.15, 0.2) is 5.11 Å². The first-order valence-electron chi connectivity index (χ1n) is 7.09. The SMILES string of the molecule is CC(=O)N(C)c1ccc(NC(=S)NC(=O)c2cccc(Cl)c2)cc1. The Balaban J connectivity index is 1.97. The average Bonchev–Trinajstić information content (AvgIpc) is 2.54. The molecule has 7 heteroatoms. The minimum absolute atomic E-state index is 0.0555. The number of benzene rings is 2. The molecule has 0 atom stereocenters. The van der Waals surface area contributed by atoms with Crippen molar-refractivity contribution in [2.24, 2.45) is 0 Å². The van der Waals surface area contributed by atoms with Crippen LogP contribution in [0, 0.1) is 0 Å². The van der Waals surface area contributed by atoms with Crippen molar-refractivity contribution in [3.63, 3.8) is 0 Å². The van der Waals surface area contributed by atoms with E-state index in [9.17, 15) is 9.59 Å². The van der Waals surface area contributed by atoms with Crippen molar-refractivity contribution in [1.82, 2.24) is 5.32 Å². The van der Waals surface area contributed by atoms with Crippen LogP contribution in [0.1, 0.15) is 17.3 Å². The van der Waals surface area contributed by atoms with Crippen LogP contribution in [0.2, 0.25) is 5.02 Å². The van der Waals surface area contributed by atoms with Crippen molar-refractivity contribution >= 4 is 52.1 Å². The van der Waals surface area contributed by atoms with E-state index in [0.717, 1.165) is 5.69 Å². The molecule has 0 aliphatic carbocycles. The lowest BCUT2D eigenvalue weighted by Gasteiger charge is -2.16. The second-order valence-corrected chi connectivity index (χ2v) is 5.89. The zero-order chi connectivity index (χ0) is 17.7. The summed E-state index contributed by atoms with van der Waals surface area (Å²) in [5.74, 6) is -0.400. The van der Waals surface area contributed by atoms with Gasteiger partial charge in [0, 0.05) is 35.9 Å². The summed E-state index contributed by atoms with van der Waals surface area (Å²) in [4.78, 5) is 24.9. The number of halogens is 1. The van der Waals surface area contributed by atoms with Gasteiger partial charge < -0.3 is 10.2 Å². The van der Waals surface area contributed by atoms with E-state index in [1.807, 2.05) is 0 Å². The smallest absolute Gasteiger partial charge is 0.257 e. The number of hydrogen-bond donors (Lipinski definition) is 2. The van der Waals surface area contributed by atoms with Gasteiger partial charge in [-0.15, -0.1) is 0 Å². The lowest BCUT2D eigenvalue weighted by molar-refractivity contribution is -0.116. The highest BCUT2D eigenvalue weighted by Crippen LogP contribution is 2.17. The van der Waals surface area contributed by atoms with Crippen LogP contribution in [0.25, 0.3) is 0 Å². The number of rotatable bonds is 3. The largest absolute Gasteiger partial charge is 0.332 e. The molecule has 0 bridgehead atoms. The molecule has 0 aliphatic rings. The fraction of sp³-hybridized carbons (Fsp3) is 0.118. The molecule has 124 valence electrons. The Morgan fingerprint density at radius 1 is 1.12 bits per heavy atom. The Bertz CT molecular complexity index is 778. The van der Waals surface area contributed by atoms with Gasteiger partial charge >= 0.3 is 0 Å². The second kappa shape index (κ2) is 7.90. The van der Waals surface area contributed by atoms with Crippen molar-refractivity contribution in [1.29, 1.82) is 0 Å². The number of anilines is 2. The van der Waals surface area contributed by atoms with E-state index < -0.39 is 0 Å². The third-order valence-electron chi connectivity index (χ3n) is 3.30. The van der Waals surface area contributed by atoms with Crippen LogP contribution in [0.4, 0.5) is 11.4 Å². The van der Waals surface area contributed by atoms with Crippen molar-refractivity contribution in [3.8, 4) is 0 Å². The number of amides is 2. The second-order valence-electron chi connectivity index (χ2n) is 5.04. The fourth-order valence-corrected chi connectivity index (χ4v) is 2.32. The van der Waals surface area contributed by atoms with Crippen molar-refractivity contribution in [3.05, 3.63) is 59.1 Å². The number of hydrogen-bond acceptors (Lipinski definition) is 3. The van der Waals surface area contributed by atoms with Gasteiger partial charge in [0.05, 0.1) is 0 Å². The van der Waals surface area contributed by atoms with Crippen LogP contribution in [0.5, 0.6) is 0 Å². The normalized spacial score (nSPS) is 9.96. The monoisotopic (exact) mass is 361 g/mol. The quantitative estimate of drug-likeness (QED) is 0.822. The summed E-state index contributed by atoms with van der Waals surface area (Å²) in [6, 6.07) is 13.7. The molecule has 0 aromatic heterocycles. The third kappa shape index (κ3) is 4.78. The lowest BCUT2D eigenvalue weighted by Crippen LogP contribution is -2.34. The van der Waals surface area contributed by atoms with Crippen molar-refractivity contribution < 1.29 is 9.59 Å². The first-order chi connectivity index (χ1) is 11.4. The minimum Gasteiger partial charge on any atom is -0.332 e. The van der Waals surface area contributed by atoms with E-state index in [0.29, 0.717) is 16.3 Å². The first-order valence-corrected chi connectivity index (χ1v) is 7.87. The standard InChI is InChI=1S/C17H16ClN3O2S/c1-11(22)21(2)15-8-6-14(7-9-15)19-17(24)20-16(23)12-4-3-5-13(18)10-12/h3-10H,1-2H3,(H2,19,20,23,24). The molecule has 0 saturated carbocycles. The maximum atomic E-state index is 12.1. The molecule has 0 saturated heterocycles. The van der Waals surface area contributed by atoms with Crippen LogP contribution in [-0.2, 0) is 4.79 Å². The van der Waals surface area contributed by atoms with Gasteiger partial charge in [-0.3, -0.25) is 14.9 Å². The Kier molecular flexibility index (Phi) is 5.89. The van der Waals surface area contributed by atoms with Crippen LogP contribution in [-0.4, -0.2) is 24.0 Å². The van der Waals surface area contributed by atoms with Gasteiger partial charge in [-0.25, -0.2) is 0 Å². The molecule has 0 unspecified atom stereocenters. The highest BCUT2D eigenvalue weighted by Gasteiger charge is 2.09. The summed E-state index contributed by atoms with van der Waals surface area (Å²) in [5, 5.41) is 6.15. The molecule has 0 radical (unpaired) electrons. The molecule has 0 aliphatic heterocycles. The Morgan fingerprint density at radius 2 is 1.79 bits per heavy atom. The van der Waals surface area contributed by atoms with Gasteiger partial charge in [0.25, 0.3) is 5.91 Å². The Labute approximate surface area is 150 Å². The molecule has 2 rings (SSSR count). The van der Waals surface area contributed by atoms with E-state index in [2.05, 4.69) is 10.6 Å². The predicted octanol–water partition coefficient (Wildman–Crippen LogP) is 3.45. The molecule has 2 N–H and O–H groups in total. The molecule has 0 fully saturated rings. The van der Waals surface area contributed by atoms with Crippen LogP contribution in [0.3, 0.4) is 0 Å². The van der Waals surface area contributed by atoms with E-state index in [1.54, 1.807) is 55.6 Å². The van der Waals surface area contributed by atoms with Crippen LogP contribution in [0.15, 0.2) is 48.5 Å². The van der Waals surface area contributed by atoms with Crippen molar-refractivity contribution in [2.75, 3.05) is 17.3 Å². The minimum atomic E-state index is -0.345. The van der Waals surface area contributed by atoms with E-state index in [-0.39, 0.29) is 16.9 Å². The van der Waals surface area contributed by atoms with Gasteiger partial charge in [0.1, 0.15) is 0 Å². The third-order valence-corrected chi connectivity index (χ3v) is 3.74. The number of nitrogens with one attached hydrogen (secondary N) is 2. The topological polar surface area (TPSA) is 61.4 Å². The molecule has 24 heavy (non-hydrogen) atoms. The molecular weight excluding hydrogens is 346 g/mol. The highest BCUT2D eigenvalue weighted by atomic mass is 35.5. The van der Waals surface area contributed by atoms with E-state index in [4.69, 9.17) is 23.8 Å². The molecule has 2 aromatic rings. The fourth-order valence-electron chi connectivity index (χ4n) is 1.92. The zero-order valence-corrected chi connectivity index (χ0v) is 14.7. The van der Waals surface area contributed by atoms with Crippen LogP contribution < -0.4 is 15.5 Å². The highest BCUT2D eigenvalue weighted by molar-refractivity contribution is 7.80. The maximum absolute atomic E-state index is 12.1. The van der Waals surface area contributed by atoms with E-state index >= 15 is 0 Å². The number of nitrogens with zero attached hydrogens (tertiary/aromatic N) is 1. The molecule has 0 spiro atoms. The lowest BCUT2D eigenvalue weighted by atomic mass is 10.2. The molecule has 2 amide bonds. The average molecular weight is 362 g/mol. The molecular formula is C17H16ClN3O2S. The Morgan fingerprint density at radius 3 is 2.38 bits per heavy atom. The first kappa shape index (κ1) is 17.9. The Hall–Kier alpha value is -2.44. The van der Waals surface area contributed by atoms with Gasteiger partial charge in [0.2, 0.25) is 5.91 Å². The van der Waals surface area contributed by atoms with Crippen molar-refractivity contribution in [2.45, 2.75) is 6.92 Å². The summed E-state index contributed by atoms with van der Waals surface area (Å²) >= 11 is 11.0. The number of carbonyl (C=O) groups is 2. The maximum Gasteiger partial charge on any atom is 0.257 e. The molecule has 0 heterocycles. The van der Waals surface area contributed by atoms with Gasteiger partial charge in [-0.1, -0.05) is 17.7 Å². The molecule has 2 aromatic carbocycles. The summed E-state index contributed by atoms with van der Waals surface area (Å²) in [6.45, 7) is 1.49. The van der Waals surface area contributed by atoms with E-state index in [1.165, 1.54) is 11.8 Å². The number of carbonyl (C=O) groups excluding carboxylic acids is 2. The van der Waals surface area contributed by atoms with Gasteiger partial charge in [-0.05, 0) is 54.7 Å². The number of thiocarbonyl (C=S) groups is 1. The summed E-state index contributed by atoms with van der Waals surface area (Å²) in [7, 11) is 1.70. The van der Waals surface area contributed by atoms with Gasteiger partial charge in [-0.2, -0.15) is 0 Å². The predicted molar refractivity (Wildman–Crippen MR) is 101 cm³/mol. The summed E-state index contributed by atoms with van der Waals surface area (Å²) in [5.41, 5.74) is 1.89. The summed E-state index contributed by atoms with van der Waals surface area (Å²) in [6.07, 6.45) is 0. The zero-order valence-electron chi connectivity index (χ0n) is 13.2.